The molecule has 0 spiro atoms. The van der Waals surface area contributed by atoms with Crippen molar-refractivity contribution in [1.29, 1.82) is 0 Å². The number of aromatic hydroxyl groups is 1. The van der Waals surface area contributed by atoms with E-state index in [2.05, 4.69) is 4.74 Å². The van der Waals surface area contributed by atoms with Gasteiger partial charge in [-0.05, 0) is 25.1 Å². The second-order valence-electron chi connectivity index (χ2n) is 3.18. The van der Waals surface area contributed by atoms with Gasteiger partial charge in [0.05, 0.1) is 6.61 Å². The van der Waals surface area contributed by atoms with Crippen LogP contribution in [0.4, 0.5) is 5.69 Å². The molecule has 0 saturated heterocycles. The fourth-order valence-electron chi connectivity index (χ4n) is 1.22. The van der Waals surface area contributed by atoms with Crippen molar-refractivity contribution >= 4 is 17.4 Å². The predicted octanol–water partition coefficient (Wildman–Crippen LogP) is 1.11. The number of rotatable bonds is 4. The van der Waals surface area contributed by atoms with E-state index in [0.717, 1.165) is 0 Å². The van der Waals surface area contributed by atoms with Gasteiger partial charge in [-0.2, -0.15) is 0 Å². The van der Waals surface area contributed by atoms with Crippen LogP contribution >= 0.6 is 0 Å². The number of nitrogens with two attached hydrogens (primary N) is 1. The molecule has 1 aromatic rings. The van der Waals surface area contributed by atoms with Crippen LogP contribution in [0.15, 0.2) is 18.2 Å². The Labute approximate surface area is 92.8 Å². The van der Waals surface area contributed by atoms with E-state index in [9.17, 15) is 14.7 Å². The number of benzene rings is 1. The van der Waals surface area contributed by atoms with Crippen LogP contribution in [0.25, 0.3) is 0 Å². The maximum absolute atomic E-state index is 11.6. The summed E-state index contributed by atoms with van der Waals surface area (Å²) in [6.07, 6.45) is -0.374. The van der Waals surface area contributed by atoms with E-state index in [1.54, 1.807) is 6.92 Å². The zero-order valence-electron chi connectivity index (χ0n) is 8.90. The van der Waals surface area contributed by atoms with Gasteiger partial charge in [-0.25, -0.2) is 0 Å². The number of hydrogen-bond acceptors (Lipinski definition) is 5. The average molecular weight is 223 g/mol. The minimum atomic E-state index is -0.602. The van der Waals surface area contributed by atoms with Crippen molar-refractivity contribution in [1.82, 2.24) is 0 Å². The van der Waals surface area contributed by atoms with E-state index in [1.165, 1.54) is 18.2 Å². The van der Waals surface area contributed by atoms with Gasteiger partial charge in [0.2, 0.25) is 0 Å². The molecular weight excluding hydrogens is 210 g/mol. The van der Waals surface area contributed by atoms with Gasteiger partial charge in [0.25, 0.3) is 0 Å². The van der Waals surface area contributed by atoms with Gasteiger partial charge < -0.3 is 15.6 Å². The number of carbonyl (C=O) groups is 2. The Hall–Kier alpha value is -2.04. The van der Waals surface area contributed by atoms with Crippen LogP contribution in [-0.2, 0) is 9.53 Å². The number of esters is 1. The molecule has 0 saturated carbocycles. The molecule has 5 nitrogen and oxygen atoms in total. The number of phenols is 1. The molecule has 1 aromatic carbocycles. The normalized spacial score (nSPS) is 9.81. The molecule has 0 heterocycles. The number of phenolic OH excluding ortho intramolecular Hbond substituents is 1. The molecule has 3 N–H and O–H groups in total. The minimum Gasteiger partial charge on any atom is -0.508 e. The lowest BCUT2D eigenvalue weighted by atomic mass is 10.1. The standard InChI is InChI=1S/C11H13NO4/c1-2-16-11(15)6-10(14)8-5-7(13)3-4-9(8)12/h3-5,13H,2,6,12H2,1H3. The van der Waals surface area contributed by atoms with E-state index in [-0.39, 0.29) is 30.0 Å². The molecule has 0 radical (unpaired) electrons. The maximum atomic E-state index is 11.6. The lowest BCUT2D eigenvalue weighted by Gasteiger charge is -2.05. The van der Waals surface area contributed by atoms with E-state index in [4.69, 9.17) is 5.73 Å². The highest BCUT2D eigenvalue weighted by atomic mass is 16.5. The Morgan fingerprint density at radius 2 is 2.12 bits per heavy atom. The van der Waals surface area contributed by atoms with Crippen LogP contribution in [0, 0.1) is 0 Å². The molecule has 0 aliphatic heterocycles. The third kappa shape index (κ3) is 2.98. The van der Waals surface area contributed by atoms with Crippen LogP contribution in [0.1, 0.15) is 23.7 Å². The topological polar surface area (TPSA) is 89.6 Å². The highest BCUT2D eigenvalue weighted by molar-refractivity contribution is 6.09. The zero-order chi connectivity index (χ0) is 12.1. The quantitative estimate of drug-likeness (QED) is 0.262. The van der Waals surface area contributed by atoms with Gasteiger partial charge in [-0.1, -0.05) is 0 Å². The summed E-state index contributed by atoms with van der Waals surface area (Å²) in [7, 11) is 0. The Kier molecular flexibility index (Phi) is 3.88. The van der Waals surface area contributed by atoms with Crippen molar-refractivity contribution in [2.45, 2.75) is 13.3 Å². The van der Waals surface area contributed by atoms with Gasteiger partial charge in [0.15, 0.2) is 5.78 Å². The first-order valence-corrected chi connectivity index (χ1v) is 4.82. The van der Waals surface area contributed by atoms with Crippen molar-refractivity contribution < 1.29 is 19.4 Å². The van der Waals surface area contributed by atoms with Gasteiger partial charge in [0.1, 0.15) is 12.2 Å². The second kappa shape index (κ2) is 5.16. The van der Waals surface area contributed by atoms with Crippen LogP contribution in [0.3, 0.4) is 0 Å². The molecule has 0 fully saturated rings. The van der Waals surface area contributed by atoms with E-state index >= 15 is 0 Å². The first-order chi connectivity index (χ1) is 7.54. The number of nitrogen functional groups attached to an aromatic ring is 1. The summed E-state index contributed by atoms with van der Waals surface area (Å²) in [4.78, 5) is 22.7. The van der Waals surface area contributed by atoms with Crippen LogP contribution in [0.5, 0.6) is 5.75 Å². The summed E-state index contributed by atoms with van der Waals surface area (Å²) in [6.45, 7) is 1.88. The van der Waals surface area contributed by atoms with Gasteiger partial charge in [-0.15, -0.1) is 0 Å². The Morgan fingerprint density at radius 1 is 1.44 bits per heavy atom. The lowest BCUT2D eigenvalue weighted by Crippen LogP contribution is -2.12. The smallest absolute Gasteiger partial charge is 0.313 e. The summed E-state index contributed by atoms with van der Waals surface area (Å²) in [6, 6.07) is 4.01. The third-order valence-corrected chi connectivity index (χ3v) is 1.95. The van der Waals surface area contributed by atoms with E-state index in [0.29, 0.717) is 0 Å². The molecule has 0 amide bonds. The third-order valence-electron chi connectivity index (χ3n) is 1.95. The summed E-state index contributed by atoms with van der Waals surface area (Å²) in [5.41, 5.74) is 5.92. The van der Waals surface area contributed by atoms with Crippen LogP contribution in [0.2, 0.25) is 0 Å². The van der Waals surface area contributed by atoms with E-state index < -0.39 is 11.8 Å². The molecule has 0 aliphatic rings. The Morgan fingerprint density at radius 3 is 2.75 bits per heavy atom. The molecule has 0 atom stereocenters. The highest BCUT2D eigenvalue weighted by Gasteiger charge is 2.15. The van der Waals surface area contributed by atoms with Crippen molar-refractivity contribution in [3.8, 4) is 5.75 Å². The number of hydrogen-bond donors (Lipinski definition) is 2. The number of ketones is 1. The monoisotopic (exact) mass is 223 g/mol. The lowest BCUT2D eigenvalue weighted by molar-refractivity contribution is -0.141. The predicted molar refractivity (Wildman–Crippen MR) is 58.1 cm³/mol. The molecule has 0 aliphatic carbocycles. The van der Waals surface area contributed by atoms with Gasteiger partial charge in [0, 0.05) is 11.3 Å². The molecule has 16 heavy (non-hydrogen) atoms. The maximum Gasteiger partial charge on any atom is 0.313 e. The largest absolute Gasteiger partial charge is 0.508 e. The van der Waals surface area contributed by atoms with Crippen molar-refractivity contribution in [3.05, 3.63) is 23.8 Å². The second-order valence-corrected chi connectivity index (χ2v) is 3.18. The van der Waals surface area contributed by atoms with Crippen molar-refractivity contribution in [2.75, 3.05) is 12.3 Å². The molecule has 1 rings (SSSR count). The first-order valence-electron chi connectivity index (χ1n) is 4.82. The molecule has 5 heteroatoms. The number of anilines is 1. The highest BCUT2D eigenvalue weighted by Crippen LogP contribution is 2.19. The molecule has 86 valence electrons. The van der Waals surface area contributed by atoms with Crippen molar-refractivity contribution in [3.63, 3.8) is 0 Å². The van der Waals surface area contributed by atoms with E-state index in [1.807, 2.05) is 0 Å². The SMILES string of the molecule is CCOC(=O)CC(=O)c1cc(O)ccc1N. The number of Topliss-reactive ketones (excluding diaryl/α,β-unsaturated/α-hetero) is 1. The fourth-order valence-corrected chi connectivity index (χ4v) is 1.22. The average Bonchev–Trinajstić information content (AvgIpc) is 2.21. The molecule has 0 bridgehead atoms. The molecule has 0 aromatic heterocycles. The summed E-state index contributed by atoms with van der Waals surface area (Å²) in [5.74, 6) is -1.14. The molecule has 0 unspecified atom stereocenters. The first kappa shape index (κ1) is 12.0. The van der Waals surface area contributed by atoms with Gasteiger partial charge >= 0.3 is 5.97 Å². The summed E-state index contributed by atoms with van der Waals surface area (Å²) in [5, 5.41) is 9.20. The van der Waals surface area contributed by atoms with Crippen molar-refractivity contribution in [2.24, 2.45) is 0 Å². The minimum absolute atomic E-state index is 0.0681. The summed E-state index contributed by atoms with van der Waals surface area (Å²) >= 11 is 0. The number of carbonyl (C=O) groups excluding carboxylic acids is 2. The fraction of sp³-hybridized carbons (Fsp3) is 0.273. The Balaban J connectivity index is 2.80. The number of ether oxygens (including phenoxy) is 1. The van der Waals surface area contributed by atoms with Crippen LogP contribution in [-0.4, -0.2) is 23.5 Å². The summed E-state index contributed by atoms with van der Waals surface area (Å²) < 4.78 is 4.64. The van der Waals surface area contributed by atoms with Crippen LogP contribution < -0.4 is 5.73 Å². The Bertz CT molecular complexity index is 414. The molecular formula is C11H13NO4. The van der Waals surface area contributed by atoms with Gasteiger partial charge in [-0.3, -0.25) is 9.59 Å². The zero-order valence-corrected chi connectivity index (χ0v) is 8.90.